The Labute approximate surface area is 143 Å². The van der Waals surface area contributed by atoms with Crippen LogP contribution < -0.4 is 5.32 Å². The van der Waals surface area contributed by atoms with Crippen molar-refractivity contribution in [3.05, 3.63) is 18.0 Å². The zero-order valence-electron chi connectivity index (χ0n) is 14.4. The largest absolute Gasteiger partial charge is 0.378 e. The minimum absolute atomic E-state index is 0.0518. The van der Waals surface area contributed by atoms with Crippen LogP contribution in [0.4, 0.5) is 4.79 Å². The molecule has 1 N–H and O–H groups in total. The molecule has 2 amide bonds. The Kier molecular flexibility index (Phi) is 6.09. The van der Waals surface area contributed by atoms with Gasteiger partial charge in [0.15, 0.2) is 0 Å². The topological polar surface area (TPSA) is 70.8 Å². The molecule has 2 aliphatic heterocycles. The second-order valence-corrected chi connectivity index (χ2v) is 6.82. The number of piperazine rings is 1. The van der Waals surface area contributed by atoms with Crippen molar-refractivity contribution in [3.63, 3.8) is 0 Å². The lowest BCUT2D eigenvalue weighted by atomic mass is 10.1. The van der Waals surface area contributed by atoms with Crippen LogP contribution in [-0.4, -0.2) is 65.9 Å². The van der Waals surface area contributed by atoms with Crippen LogP contribution in [0.1, 0.15) is 38.3 Å². The van der Waals surface area contributed by atoms with E-state index in [0.717, 1.165) is 64.3 Å². The number of amides is 2. The van der Waals surface area contributed by atoms with Crippen molar-refractivity contribution in [1.29, 1.82) is 0 Å². The molecule has 0 bridgehead atoms. The van der Waals surface area contributed by atoms with Gasteiger partial charge in [0.1, 0.15) is 6.26 Å². The maximum atomic E-state index is 12.4. The van der Waals surface area contributed by atoms with E-state index >= 15 is 0 Å². The van der Waals surface area contributed by atoms with Gasteiger partial charge in [-0.25, -0.2) is 4.79 Å². The number of aromatic nitrogens is 1. The van der Waals surface area contributed by atoms with Gasteiger partial charge in [-0.15, -0.1) is 0 Å². The van der Waals surface area contributed by atoms with E-state index in [1.807, 2.05) is 11.0 Å². The third kappa shape index (κ3) is 4.95. The highest BCUT2D eigenvalue weighted by molar-refractivity contribution is 5.74. The number of ether oxygens (including phenoxy) is 1. The Morgan fingerprint density at radius 3 is 2.92 bits per heavy atom. The second kappa shape index (κ2) is 8.48. The van der Waals surface area contributed by atoms with Gasteiger partial charge in [-0.3, -0.25) is 4.90 Å². The number of nitrogens with one attached hydrogen (secondary N) is 1. The maximum Gasteiger partial charge on any atom is 0.317 e. The Morgan fingerprint density at radius 1 is 1.42 bits per heavy atom. The summed E-state index contributed by atoms with van der Waals surface area (Å²) in [5.74, 6) is 0. The van der Waals surface area contributed by atoms with Gasteiger partial charge in [0.05, 0.1) is 11.8 Å². The van der Waals surface area contributed by atoms with Crippen molar-refractivity contribution >= 4 is 6.03 Å². The molecule has 2 saturated heterocycles. The number of nitrogens with zero attached hydrogens (tertiary/aromatic N) is 3. The summed E-state index contributed by atoms with van der Waals surface area (Å²) < 4.78 is 10.5. The lowest BCUT2D eigenvalue weighted by Gasteiger charge is -2.34. The molecular weight excluding hydrogens is 308 g/mol. The SMILES string of the molecule is C[C@@H](CC[C@@H]1CCCO1)NC(=O)N1CCN(Cc2ccon2)CC1. The average Bonchev–Trinajstić information content (AvgIpc) is 3.27. The molecule has 24 heavy (non-hydrogen) atoms. The van der Waals surface area contributed by atoms with Gasteiger partial charge in [-0.2, -0.15) is 0 Å². The third-order valence-corrected chi connectivity index (χ3v) is 4.85. The van der Waals surface area contributed by atoms with Gasteiger partial charge in [0, 0.05) is 51.4 Å². The normalized spacial score (nSPS) is 23.4. The molecule has 3 rings (SSSR count). The van der Waals surface area contributed by atoms with Crippen LogP contribution in [0.5, 0.6) is 0 Å². The Bertz CT molecular complexity index is 494. The molecule has 0 saturated carbocycles. The number of carbonyl (C=O) groups is 1. The lowest BCUT2D eigenvalue weighted by Crippen LogP contribution is -2.52. The summed E-state index contributed by atoms with van der Waals surface area (Å²) in [6, 6.07) is 2.13. The molecule has 134 valence electrons. The fraction of sp³-hybridized carbons (Fsp3) is 0.765. The van der Waals surface area contributed by atoms with Gasteiger partial charge >= 0.3 is 6.03 Å². The predicted octanol–water partition coefficient (Wildman–Crippen LogP) is 1.85. The van der Waals surface area contributed by atoms with Gasteiger partial charge < -0.3 is 19.5 Å². The summed E-state index contributed by atoms with van der Waals surface area (Å²) in [4.78, 5) is 16.6. The van der Waals surface area contributed by atoms with Gasteiger partial charge in [0.2, 0.25) is 0 Å². The molecule has 0 spiro atoms. The van der Waals surface area contributed by atoms with Crippen molar-refractivity contribution in [2.75, 3.05) is 32.8 Å². The molecule has 2 atom stereocenters. The van der Waals surface area contributed by atoms with E-state index < -0.39 is 0 Å². The fourth-order valence-electron chi connectivity index (χ4n) is 3.34. The highest BCUT2D eigenvalue weighted by atomic mass is 16.5. The van der Waals surface area contributed by atoms with Crippen LogP contribution in [0.15, 0.2) is 16.9 Å². The van der Waals surface area contributed by atoms with Gasteiger partial charge in [-0.05, 0) is 32.6 Å². The minimum Gasteiger partial charge on any atom is -0.378 e. The first-order valence-electron chi connectivity index (χ1n) is 8.99. The smallest absolute Gasteiger partial charge is 0.317 e. The molecule has 3 heterocycles. The molecular formula is C17H28N4O3. The average molecular weight is 336 g/mol. The quantitative estimate of drug-likeness (QED) is 0.858. The van der Waals surface area contributed by atoms with E-state index in [9.17, 15) is 4.79 Å². The second-order valence-electron chi connectivity index (χ2n) is 6.82. The number of hydrogen-bond acceptors (Lipinski definition) is 5. The molecule has 2 aliphatic rings. The summed E-state index contributed by atoms with van der Waals surface area (Å²) in [5, 5.41) is 7.06. The Hall–Kier alpha value is -1.60. The monoisotopic (exact) mass is 336 g/mol. The Morgan fingerprint density at radius 2 is 2.25 bits per heavy atom. The van der Waals surface area contributed by atoms with E-state index in [2.05, 4.69) is 22.3 Å². The molecule has 7 heteroatoms. The number of urea groups is 1. The highest BCUT2D eigenvalue weighted by Gasteiger charge is 2.23. The van der Waals surface area contributed by atoms with Crippen LogP contribution in [-0.2, 0) is 11.3 Å². The standard InChI is InChI=1S/C17H28N4O3/c1-14(4-5-16-3-2-11-23-16)18-17(22)21-9-7-20(8-10-21)13-15-6-12-24-19-15/h6,12,14,16H,2-5,7-11,13H2,1H3,(H,18,22)/t14-,16-/m0/s1. The zero-order chi connectivity index (χ0) is 16.8. The van der Waals surface area contributed by atoms with Crippen LogP contribution in [0.2, 0.25) is 0 Å². The molecule has 0 aliphatic carbocycles. The molecule has 0 unspecified atom stereocenters. The zero-order valence-corrected chi connectivity index (χ0v) is 14.4. The predicted molar refractivity (Wildman–Crippen MR) is 89.6 cm³/mol. The molecule has 1 aromatic heterocycles. The van der Waals surface area contributed by atoms with E-state index in [0.29, 0.717) is 6.10 Å². The first kappa shape index (κ1) is 17.2. The minimum atomic E-state index is 0.0518. The summed E-state index contributed by atoms with van der Waals surface area (Å²) in [5.41, 5.74) is 0.940. The van der Waals surface area contributed by atoms with Crippen molar-refractivity contribution in [2.45, 2.75) is 51.3 Å². The summed E-state index contributed by atoms with van der Waals surface area (Å²) >= 11 is 0. The van der Waals surface area contributed by atoms with E-state index in [1.165, 1.54) is 6.42 Å². The molecule has 0 aromatic carbocycles. The molecule has 7 nitrogen and oxygen atoms in total. The van der Waals surface area contributed by atoms with E-state index in [1.54, 1.807) is 6.26 Å². The van der Waals surface area contributed by atoms with Gasteiger partial charge in [0.25, 0.3) is 0 Å². The van der Waals surface area contributed by atoms with Crippen LogP contribution in [0.25, 0.3) is 0 Å². The van der Waals surface area contributed by atoms with Crippen molar-refractivity contribution < 1.29 is 14.1 Å². The van der Waals surface area contributed by atoms with Gasteiger partial charge in [-0.1, -0.05) is 5.16 Å². The third-order valence-electron chi connectivity index (χ3n) is 4.85. The first-order valence-corrected chi connectivity index (χ1v) is 8.99. The van der Waals surface area contributed by atoms with Crippen molar-refractivity contribution in [3.8, 4) is 0 Å². The molecule has 0 radical (unpaired) electrons. The number of rotatable bonds is 6. The van der Waals surface area contributed by atoms with Crippen LogP contribution >= 0.6 is 0 Å². The first-order chi connectivity index (χ1) is 11.7. The lowest BCUT2D eigenvalue weighted by molar-refractivity contribution is 0.0992. The maximum absolute atomic E-state index is 12.4. The summed E-state index contributed by atoms with van der Waals surface area (Å²) in [6.07, 6.45) is 6.33. The van der Waals surface area contributed by atoms with E-state index in [4.69, 9.17) is 9.26 Å². The fourth-order valence-corrected chi connectivity index (χ4v) is 3.34. The van der Waals surface area contributed by atoms with Crippen LogP contribution in [0, 0.1) is 0 Å². The number of hydrogen-bond donors (Lipinski definition) is 1. The van der Waals surface area contributed by atoms with Crippen molar-refractivity contribution in [1.82, 2.24) is 20.3 Å². The highest BCUT2D eigenvalue weighted by Crippen LogP contribution is 2.17. The molecule has 2 fully saturated rings. The van der Waals surface area contributed by atoms with E-state index in [-0.39, 0.29) is 12.1 Å². The Balaban J connectivity index is 1.33. The van der Waals surface area contributed by atoms with Crippen molar-refractivity contribution in [2.24, 2.45) is 0 Å². The summed E-state index contributed by atoms with van der Waals surface area (Å²) in [6.45, 7) is 6.99. The number of carbonyl (C=O) groups excluding carboxylic acids is 1. The molecule has 1 aromatic rings. The van der Waals surface area contributed by atoms with Crippen LogP contribution in [0.3, 0.4) is 0 Å². The summed E-state index contributed by atoms with van der Waals surface area (Å²) in [7, 11) is 0.